The van der Waals surface area contributed by atoms with Crippen LogP contribution in [0.5, 0.6) is 0 Å². The highest BCUT2D eigenvalue weighted by molar-refractivity contribution is 6.15. The van der Waals surface area contributed by atoms with Crippen LogP contribution >= 0.6 is 0 Å². The second-order valence-corrected chi connectivity index (χ2v) is 5.32. The summed E-state index contributed by atoms with van der Waals surface area (Å²) in [7, 11) is 5.58. The summed E-state index contributed by atoms with van der Waals surface area (Å²) in [5.41, 5.74) is 0. The van der Waals surface area contributed by atoms with E-state index < -0.39 is 5.97 Å². The molecule has 0 radical (unpaired) electrons. The van der Waals surface area contributed by atoms with E-state index in [1.165, 1.54) is 0 Å². The average molecular weight is 220 g/mol. The summed E-state index contributed by atoms with van der Waals surface area (Å²) in [6.45, 7) is 0.765. The molecule has 1 fully saturated rings. The first-order chi connectivity index (χ1) is 6.64. The molecule has 14 heavy (non-hydrogen) atoms. The Bertz CT molecular complexity index is 167. The minimum Gasteiger partial charge on any atom is -0.371 e. The average Bonchev–Trinajstić information content (AvgIpc) is 2.22. The third kappa shape index (κ3) is 1.87. The van der Waals surface area contributed by atoms with Gasteiger partial charge in [-0.05, 0) is 19.3 Å². The van der Waals surface area contributed by atoms with Gasteiger partial charge in [-0.1, -0.05) is 0 Å². The summed E-state index contributed by atoms with van der Waals surface area (Å²) < 4.78 is 21.8. The summed E-state index contributed by atoms with van der Waals surface area (Å²) in [4.78, 5) is 0. The smallest absolute Gasteiger partial charge is 0.308 e. The molecule has 1 saturated heterocycles. The number of rotatable bonds is 4. The Hall–Kier alpha value is 0.0569. The topological polar surface area (TPSA) is 36.9 Å². The zero-order valence-electron chi connectivity index (χ0n) is 9.46. The molecule has 0 aromatic rings. The van der Waals surface area contributed by atoms with Crippen molar-refractivity contribution in [3.05, 3.63) is 0 Å². The molecule has 1 aliphatic heterocycles. The lowest BCUT2D eigenvalue weighted by Crippen LogP contribution is -2.61. The first-order valence-electron chi connectivity index (χ1n) is 4.93. The summed E-state index contributed by atoms with van der Waals surface area (Å²) in [6.07, 6.45) is 3.19. The predicted octanol–water partition coefficient (Wildman–Crippen LogP) is -0.158. The van der Waals surface area contributed by atoms with Crippen molar-refractivity contribution in [1.82, 2.24) is 0 Å². The molecule has 4 nitrogen and oxygen atoms in total. The van der Waals surface area contributed by atoms with E-state index in [2.05, 4.69) is 0 Å². The van der Waals surface area contributed by atoms with Crippen molar-refractivity contribution in [2.75, 3.05) is 27.9 Å². The van der Waals surface area contributed by atoms with E-state index in [9.17, 15) is 0 Å². The molecule has 1 heterocycles. The van der Waals surface area contributed by atoms with Crippen LogP contribution < -0.4 is 0 Å². The Kier molecular flexibility index (Phi) is 4.09. The minimum absolute atomic E-state index is 0.385. The normalized spacial score (nSPS) is 29.4. The van der Waals surface area contributed by atoms with E-state index in [0.29, 0.717) is 0 Å². The maximum atomic E-state index is 5.79. The van der Waals surface area contributed by atoms with E-state index in [1.54, 1.807) is 21.3 Å². The van der Waals surface area contributed by atoms with Crippen molar-refractivity contribution in [3.8, 4) is 0 Å². The van der Waals surface area contributed by atoms with Gasteiger partial charge in [-0.25, -0.2) is 0 Å². The van der Waals surface area contributed by atoms with E-state index in [-0.39, 0.29) is 5.22 Å². The third-order valence-electron chi connectivity index (χ3n) is 2.92. The molecule has 0 N–H and O–H groups in total. The Morgan fingerprint density at radius 1 is 1.14 bits per heavy atom. The molecule has 0 bridgehead atoms. The molecule has 84 valence electrons. The van der Waals surface area contributed by atoms with Gasteiger partial charge in [-0.3, -0.25) is 0 Å². The summed E-state index contributed by atoms with van der Waals surface area (Å²) >= 11 is 0. The maximum absolute atomic E-state index is 5.79. The zero-order valence-corrected chi connectivity index (χ0v) is 11.5. The monoisotopic (exact) mass is 220 g/mol. The van der Waals surface area contributed by atoms with Crippen molar-refractivity contribution >= 4 is 10.2 Å². The highest BCUT2D eigenvalue weighted by Gasteiger charge is 2.52. The number of ether oxygens (including phenoxy) is 4. The lowest BCUT2D eigenvalue weighted by atomic mass is 10.1. The van der Waals surface area contributed by atoms with Crippen molar-refractivity contribution in [1.29, 1.82) is 0 Å². The lowest BCUT2D eigenvalue weighted by Gasteiger charge is -2.46. The van der Waals surface area contributed by atoms with Gasteiger partial charge in [0.2, 0.25) is 0 Å². The van der Waals surface area contributed by atoms with E-state index >= 15 is 0 Å². The van der Waals surface area contributed by atoms with Gasteiger partial charge in [-0.15, -0.1) is 0 Å². The number of methoxy groups -OCH3 is 3. The molecule has 1 aliphatic rings. The van der Waals surface area contributed by atoms with E-state index in [1.807, 2.05) is 0 Å². The Morgan fingerprint density at radius 2 is 1.71 bits per heavy atom. The zero-order chi connectivity index (χ0) is 10.7. The van der Waals surface area contributed by atoms with Gasteiger partial charge in [0.1, 0.15) is 5.22 Å². The van der Waals surface area contributed by atoms with Gasteiger partial charge in [-0.2, -0.15) is 0 Å². The molecule has 0 amide bonds. The first-order valence-corrected chi connectivity index (χ1v) is 5.93. The third-order valence-corrected chi connectivity index (χ3v) is 4.32. The number of hydrogen-bond acceptors (Lipinski definition) is 4. The van der Waals surface area contributed by atoms with Crippen molar-refractivity contribution in [2.24, 2.45) is 0 Å². The van der Waals surface area contributed by atoms with Crippen LogP contribution in [-0.4, -0.2) is 49.4 Å². The molecular weight excluding hydrogens is 200 g/mol. The fourth-order valence-electron chi connectivity index (χ4n) is 2.07. The summed E-state index contributed by atoms with van der Waals surface area (Å²) in [5.74, 6) is -1.03. The number of hydrogen-bond donors (Lipinski definition) is 0. The van der Waals surface area contributed by atoms with Gasteiger partial charge < -0.3 is 18.9 Å². The predicted molar refractivity (Wildman–Crippen MR) is 56.2 cm³/mol. The van der Waals surface area contributed by atoms with Crippen LogP contribution in [0.2, 0.25) is 0 Å². The Morgan fingerprint density at radius 3 is 2.07 bits per heavy atom. The summed E-state index contributed by atoms with van der Waals surface area (Å²) in [5, 5.41) is -0.385. The van der Waals surface area contributed by atoms with Crippen molar-refractivity contribution in [2.45, 2.75) is 30.5 Å². The van der Waals surface area contributed by atoms with Crippen molar-refractivity contribution in [3.63, 3.8) is 0 Å². The van der Waals surface area contributed by atoms with Crippen LogP contribution in [-0.2, 0) is 18.9 Å². The summed E-state index contributed by atoms with van der Waals surface area (Å²) in [6, 6.07) is 0. The molecule has 1 rings (SSSR count). The fourth-order valence-corrected chi connectivity index (χ4v) is 3.24. The fraction of sp³-hybridized carbons (Fsp3) is 1.00. The standard InChI is InChI=1S/C9H20O4Si/c1-10-9(11-2,12-3)8(14)6-4-5-7-13-8/h4-7H2,1-3,14H3. The first kappa shape index (κ1) is 12.1. The van der Waals surface area contributed by atoms with Crippen LogP contribution in [0.3, 0.4) is 0 Å². The van der Waals surface area contributed by atoms with Crippen LogP contribution in [0.15, 0.2) is 0 Å². The minimum atomic E-state index is -1.03. The van der Waals surface area contributed by atoms with E-state index in [0.717, 1.165) is 36.1 Å². The second kappa shape index (κ2) is 4.72. The molecule has 1 atom stereocenters. The molecule has 1 unspecified atom stereocenters. The Labute approximate surface area is 88.3 Å². The van der Waals surface area contributed by atoms with Gasteiger partial charge in [0.15, 0.2) is 0 Å². The Balaban J connectivity index is 2.83. The quantitative estimate of drug-likeness (QED) is 0.487. The maximum Gasteiger partial charge on any atom is 0.308 e. The van der Waals surface area contributed by atoms with Crippen molar-refractivity contribution < 1.29 is 18.9 Å². The highest BCUT2D eigenvalue weighted by atomic mass is 28.1. The largest absolute Gasteiger partial charge is 0.371 e. The molecule has 0 spiro atoms. The molecule has 5 heteroatoms. The van der Waals surface area contributed by atoms with Crippen LogP contribution in [0.4, 0.5) is 0 Å². The van der Waals surface area contributed by atoms with Crippen LogP contribution in [0, 0.1) is 0 Å². The molecular formula is C9H20O4Si. The van der Waals surface area contributed by atoms with Gasteiger partial charge in [0, 0.05) is 27.9 Å². The SMILES string of the molecule is COC(OC)(OC)C1([SiH3])CCCCO1. The van der Waals surface area contributed by atoms with Crippen LogP contribution in [0.25, 0.3) is 0 Å². The molecule has 0 aromatic heterocycles. The lowest BCUT2D eigenvalue weighted by molar-refractivity contribution is -0.410. The van der Waals surface area contributed by atoms with E-state index in [4.69, 9.17) is 18.9 Å². The molecule has 0 aliphatic carbocycles. The van der Waals surface area contributed by atoms with Crippen LogP contribution in [0.1, 0.15) is 19.3 Å². The molecule has 0 aromatic carbocycles. The van der Waals surface area contributed by atoms with Gasteiger partial charge in [0.25, 0.3) is 0 Å². The second-order valence-electron chi connectivity index (χ2n) is 3.70. The van der Waals surface area contributed by atoms with Gasteiger partial charge >= 0.3 is 5.97 Å². The highest BCUT2D eigenvalue weighted by Crippen LogP contribution is 2.35. The molecule has 0 saturated carbocycles. The van der Waals surface area contributed by atoms with Gasteiger partial charge in [0.05, 0.1) is 10.2 Å².